The molecule has 1 aliphatic rings. The van der Waals surface area contributed by atoms with E-state index in [1.165, 1.54) is 12.1 Å². The molecule has 1 amide bonds. The summed E-state index contributed by atoms with van der Waals surface area (Å²) in [5.74, 6) is 0.266. The lowest BCUT2D eigenvalue weighted by molar-refractivity contribution is 0.0930. The van der Waals surface area contributed by atoms with Crippen molar-refractivity contribution in [3.05, 3.63) is 65.0 Å². The highest BCUT2D eigenvalue weighted by Crippen LogP contribution is 2.31. The first kappa shape index (κ1) is 12.7. The van der Waals surface area contributed by atoms with E-state index in [0.717, 1.165) is 11.3 Å². The molecule has 4 heteroatoms. The van der Waals surface area contributed by atoms with Crippen LogP contribution in [0.2, 0.25) is 0 Å². The summed E-state index contributed by atoms with van der Waals surface area (Å²) >= 11 is 0. The Morgan fingerprint density at radius 1 is 1.30 bits per heavy atom. The van der Waals surface area contributed by atoms with E-state index in [2.05, 4.69) is 5.32 Å². The number of ether oxygens (including phenoxy) is 1. The Labute approximate surface area is 116 Å². The highest BCUT2D eigenvalue weighted by molar-refractivity contribution is 5.94. The zero-order valence-corrected chi connectivity index (χ0v) is 11.0. The molecule has 3 rings (SSSR count). The van der Waals surface area contributed by atoms with Crippen LogP contribution in [0.5, 0.6) is 5.75 Å². The third-order valence-corrected chi connectivity index (χ3v) is 3.43. The summed E-state index contributed by atoms with van der Waals surface area (Å²) in [5.41, 5.74) is 1.88. The Morgan fingerprint density at radius 3 is 2.90 bits per heavy atom. The van der Waals surface area contributed by atoms with Gasteiger partial charge in [-0.2, -0.15) is 0 Å². The summed E-state index contributed by atoms with van der Waals surface area (Å²) < 4.78 is 18.7. The van der Waals surface area contributed by atoms with Crippen molar-refractivity contribution in [3.63, 3.8) is 0 Å². The number of hydrogen-bond donors (Lipinski definition) is 1. The van der Waals surface area contributed by atoms with E-state index in [1.54, 1.807) is 13.0 Å². The summed E-state index contributed by atoms with van der Waals surface area (Å²) in [4.78, 5) is 12.2. The minimum Gasteiger partial charge on any atom is -0.491 e. The standard InChI is InChI=1S/C16H14FNO2/c1-10-8-11(6-7-13(10)17)16(19)18-14-9-20-15-5-3-2-4-12(14)15/h2-8,14H,9H2,1H3,(H,18,19). The first-order valence-corrected chi connectivity index (χ1v) is 6.44. The lowest BCUT2D eigenvalue weighted by Crippen LogP contribution is -2.29. The molecule has 2 aromatic carbocycles. The average molecular weight is 271 g/mol. The number of carbonyl (C=O) groups excluding carboxylic acids is 1. The highest BCUT2D eigenvalue weighted by atomic mass is 19.1. The molecule has 1 atom stereocenters. The Hall–Kier alpha value is -2.36. The second-order valence-corrected chi connectivity index (χ2v) is 4.84. The van der Waals surface area contributed by atoms with Gasteiger partial charge in [-0.05, 0) is 36.8 Å². The van der Waals surface area contributed by atoms with Gasteiger partial charge in [-0.1, -0.05) is 18.2 Å². The first-order valence-electron chi connectivity index (χ1n) is 6.44. The van der Waals surface area contributed by atoms with Gasteiger partial charge in [-0.15, -0.1) is 0 Å². The number of nitrogens with one attached hydrogen (secondary N) is 1. The number of aryl methyl sites for hydroxylation is 1. The van der Waals surface area contributed by atoms with Crippen molar-refractivity contribution in [2.45, 2.75) is 13.0 Å². The Bertz CT molecular complexity index is 669. The predicted octanol–water partition coefficient (Wildman–Crippen LogP) is 3.00. The van der Waals surface area contributed by atoms with E-state index in [0.29, 0.717) is 17.7 Å². The molecule has 3 nitrogen and oxygen atoms in total. The van der Waals surface area contributed by atoms with E-state index in [4.69, 9.17) is 4.74 Å². The number of hydrogen-bond acceptors (Lipinski definition) is 2. The van der Waals surface area contributed by atoms with E-state index in [1.807, 2.05) is 24.3 Å². The zero-order valence-electron chi connectivity index (χ0n) is 11.0. The number of benzene rings is 2. The van der Waals surface area contributed by atoms with Crippen LogP contribution in [-0.4, -0.2) is 12.5 Å². The van der Waals surface area contributed by atoms with Crippen LogP contribution in [0.4, 0.5) is 4.39 Å². The van der Waals surface area contributed by atoms with Gasteiger partial charge in [0.15, 0.2) is 0 Å². The van der Waals surface area contributed by atoms with Gasteiger partial charge in [0.25, 0.3) is 5.91 Å². The molecule has 0 saturated heterocycles. The minimum absolute atomic E-state index is 0.163. The second-order valence-electron chi connectivity index (χ2n) is 4.84. The molecule has 1 heterocycles. The average Bonchev–Trinajstić information content (AvgIpc) is 2.85. The van der Waals surface area contributed by atoms with Gasteiger partial charge < -0.3 is 10.1 Å². The smallest absolute Gasteiger partial charge is 0.251 e. The minimum atomic E-state index is -0.309. The molecule has 0 bridgehead atoms. The number of amides is 1. The lowest BCUT2D eigenvalue weighted by atomic mass is 10.1. The van der Waals surface area contributed by atoms with Crippen molar-refractivity contribution < 1.29 is 13.9 Å². The lowest BCUT2D eigenvalue weighted by Gasteiger charge is -2.12. The summed E-state index contributed by atoms with van der Waals surface area (Å²) in [5, 5.41) is 2.91. The fourth-order valence-electron chi connectivity index (χ4n) is 2.31. The normalized spacial score (nSPS) is 16.4. The number of rotatable bonds is 2. The Morgan fingerprint density at radius 2 is 2.10 bits per heavy atom. The quantitative estimate of drug-likeness (QED) is 0.911. The largest absolute Gasteiger partial charge is 0.491 e. The molecule has 1 aliphatic heterocycles. The number of fused-ring (bicyclic) bond motifs is 1. The topological polar surface area (TPSA) is 38.3 Å². The van der Waals surface area contributed by atoms with Crippen LogP contribution >= 0.6 is 0 Å². The molecular formula is C16H14FNO2. The Kier molecular flexibility index (Phi) is 3.14. The van der Waals surface area contributed by atoms with Crippen molar-refractivity contribution in [1.82, 2.24) is 5.32 Å². The van der Waals surface area contributed by atoms with E-state index < -0.39 is 0 Å². The van der Waals surface area contributed by atoms with E-state index in [9.17, 15) is 9.18 Å². The summed E-state index contributed by atoms with van der Waals surface area (Å²) in [7, 11) is 0. The van der Waals surface area contributed by atoms with Crippen molar-refractivity contribution in [2.75, 3.05) is 6.61 Å². The van der Waals surface area contributed by atoms with Crippen LogP contribution in [-0.2, 0) is 0 Å². The second kappa shape index (κ2) is 4.96. The van der Waals surface area contributed by atoms with Crippen molar-refractivity contribution in [3.8, 4) is 5.75 Å². The van der Waals surface area contributed by atoms with Crippen molar-refractivity contribution >= 4 is 5.91 Å². The van der Waals surface area contributed by atoms with Crippen molar-refractivity contribution in [2.24, 2.45) is 0 Å². The third kappa shape index (κ3) is 2.25. The first-order chi connectivity index (χ1) is 9.65. The van der Waals surface area contributed by atoms with Crippen LogP contribution in [0.25, 0.3) is 0 Å². The van der Waals surface area contributed by atoms with Crippen LogP contribution in [0.3, 0.4) is 0 Å². The molecule has 0 aliphatic carbocycles. The molecular weight excluding hydrogens is 257 g/mol. The van der Waals surface area contributed by atoms with Crippen LogP contribution in [0.1, 0.15) is 27.5 Å². The van der Waals surface area contributed by atoms with Gasteiger partial charge in [-0.3, -0.25) is 4.79 Å². The van der Waals surface area contributed by atoms with Crippen molar-refractivity contribution in [1.29, 1.82) is 0 Å². The van der Waals surface area contributed by atoms with Gasteiger partial charge in [0.05, 0.1) is 6.04 Å². The molecule has 0 fully saturated rings. The maximum Gasteiger partial charge on any atom is 0.251 e. The molecule has 1 unspecified atom stereocenters. The molecule has 1 N–H and O–H groups in total. The van der Waals surface area contributed by atoms with Crippen LogP contribution in [0, 0.1) is 12.7 Å². The summed E-state index contributed by atoms with van der Waals surface area (Å²) in [6.45, 7) is 2.06. The van der Waals surface area contributed by atoms with E-state index >= 15 is 0 Å². The highest BCUT2D eigenvalue weighted by Gasteiger charge is 2.25. The van der Waals surface area contributed by atoms with Gasteiger partial charge in [0.1, 0.15) is 18.2 Å². The van der Waals surface area contributed by atoms with Gasteiger partial charge in [0, 0.05) is 11.1 Å². The fraction of sp³-hybridized carbons (Fsp3) is 0.188. The fourth-order valence-corrected chi connectivity index (χ4v) is 2.31. The molecule has 102 valence electrons. The monoisotopic (exact) mass is 271 g/mol. The maximum absolute atomic E-state index is 13.2. The number of para-hydroxylation sites is 1. The van der Waals surface area contributed by atoms with Crippen LogP contribution in [0.15, 0.2) is 42.5 Å². The molecule has 0 saturated carbocycles. The maximum atomic E-state index is 13.2. The molecule has 2 aromatic rings. The van der Waals surface area contributed by atoms with E-state index in [-0.39, 0.29) is 17.8 Å². The summed E-state index contributed by atoms with van der Waals surface area (Å²) in [6.07, 6.45) is 0. The Balaban J connectivity index is 1.79. The predicted molar refractivity (Wildman–Crippen MR) is 73.3 cm³/mol. The SMILES string of the molecule is Cc1cc(C(=O)NC2COc3ccccc32)ccc1F. The third-order valence-electron chi connectivity index (χ3n) is 3.43. The molecule has 0 spiro atoms. The van der Waals surface area contributed by atoms with Crippen LogP contribution < -0.4 is 10.1 Å². The van der Waals surface area contributed by atoms with Gasteiger partial charge >= 0.3 is 0 Å². The number of carbonyl (C=O) groups is 1. The van der Waals surface area contributed by atoms with Gasteiger partial charge in [-0.25, -0.2) is 4.39 Å². The number of halogens is 1. The molecule has 20 heavy (non-hydrogen) atoms. The molecule has 0 radical (unpaired) electrons. The summed E-state index contributed by atoms with van der Waals surface area (Å²) in [6, 6.07) is 11.8. The molecule has 0 aromatic heterocycles. The van der Waals surface area contributed by atoms with Gasteiger partial charge in [0.2, 0.25) is 0 Å². The zero-order chi connectivity index (χ0) is 14.1.